The van der Waals surface area contributed by atoms with Gasteiger partial charge < -0.3 is 28.0 Å². The Hall–Kier alpha value is -6.58. The van der Waals surface area contributed by atoms with Crippen LogP contribution in [-0.2, 0) is 0 Å². The molecule has 2 N–H and O–H groups in total. The Kier molecular flexibility index (Phi) is 7.47. The van der Waals surface area contributed by atoms with Gasteiger partial charge in [0.2, 0.25) is 0 Å². The smallest absolute Gasteiger partial charge is 0.456 e. The van der Waals surface area contributed by atoms with E-state index in [4.69, 9.17) is 8.83 Å². The molecule has 12 aromatic rings. The third-order valence-corrected chi connectivity index (χ3v) is 11.4. The lowest BCUT2D eigenvalue weighted by molar-refractivity contribution is 0.426. The molecule has 0 aliphatic heterocycles. The molecule has 0 radical (unpaired) electrons. The Morgan fingerprint density at radius 1 is 0.375 bits per heavy atom. The van der Waals surface area contributed by atoms with Crippen molar-refractivity contribution in [2.45, 2.75) is 0 Å². The van der Waals surface area contributed by atoms with Crippen molar-refractivity contribution in [1.29, 1.82) is 0 Å². The van der Waals surface area contributed by atoms with E-state index < -0.39 is 7.12 Å². The van der Waals surface area contributed by atoms with E-state index in [9.17, 15) is 10.0 Å². The summed E-state index contributed by atoms with van der Waals surface area (Å²) in [7, 11) is -1.49. The first-order chi connectivity index (χ1) is 27.5. The molecule has 0 fully saturated rings. The van der Waals surface area contributed by atoms with Crippen LogP contribution in [0.15, 0.2) is 183 Å². The standard InChI is InChI=1S/C24H16BNO3.C24H14BrNO/c27-25(28)15-9-11-22-19(13-15)17-5-1-3-7-21(17)26(22)16-10-12-24-20(14-16)18-6-2-4-8-23(18)29-24;25-15-9-11-22-19(13-15)17-5-1-3-7-21(17)26(22)16-10-12-24-20(14-16)18-6-2-4-8-23(18)27-24/h1-14,27-28H;1-14H. The lowest BCUT2D eigenvalue weighted by atomic mass is 9.80. The van der Waals surface area contributed by atoms with Crippen molar-refractivity contribution in [2.24, 2.45) is 0 Å². The van der Waals surface area contributed by atoms with Crippen LogP contribution in [0.3, 0.4) is 0 Å². The molecule has 12 rings (SSSR count). The summed E-state index contributed by atoms with van der Waals surface area (Å²) in [5, 5.41) is 28.3. The SMILES string of the molecule is Brc1ccc2c(c1)c1ccccc1n2-c1ccc2oc3ccccc3c2c1.OB(O)c1ccc2c(c1)c1ccccc1n2-c1ccc2oc3ccccc3c2c1. The number of hydrogen-bond donors (Lipinski definition) is 2. The van der Waals surface area contributed by atoms with Gasteiger partial charge in [0, 0.05) is 58.9 Å². The predicted octanol–water partition coefficient (Wildman–Crippen LogP) is 11.8. The molecule has 0 spiro atoms. The second-order valence-electron chi connectivity index (χ2n) is 14.1. The maximum Gasteiger partial charge on any atom is 0.488 e. The highest BCUT2D eigenvalue weighted by atomic mass is 79.9. The van der Waals surface area contributed by atoms with Gasteiger partial charge in [-0.25, -0.2) is 0 Å². The number of hydrogen-bond acceptors (Lipinski definition) is 4. The van der Waals surface area contributed by atoms with Crippen molar-refractivity contribution in [3.05, 3.63) is 174 Å². The van der Waals surface area contributed by atoms with Crippen LogP contribution < -0.4 is 5.46 Å². The number of nitrogens with zero attached hydrogens (tertiary/aromatic N) is 2. The number of aromatic nitrogens is 2. The van der Waals surface area contributed by atoms with Crippen molar-refractivity contribution in [3.63, 3.8) is 0 Å². The Balaban J connectivity index is 0.000000130. The van der Waals surface area contributed by atoms with Crippen LogP contribution in [0, 0.1) is 0 Å². The number of rotatable bonds is 3. The average molecular weight is 789 g/mol. The maximum absolute atomic E-state index is 9.61. The fraction of sp³-hybridized carbons (Fsp3) is 0. The molecule has 0 bridgehead atoms. The van der Waals surface area contributed by atoms with Crippen LogP contribution in [0.2, 0.25) is 0 Å². The minimum Gasteiger partial charge on any atom is -0.456 e. The molecule has 0 aliphatic carbocycles. The van der Waals surface area contributed by atoms with Crippen molar-refractivity contribution in [1.82, 2.24) is 9.13 Å². The molecule has 4 heterocycles. The summed E-state index contributed by atoms with van der Waals surface area (Å²) in [6, 6.07) is 57.7. The van der Waals surface area contributed by atoms with Gasteiger partial charge in [0.15, 0.2) is 0 Å². The molecule has 4 aromatic heterocycles. The topological polar surface area (TPSA) is 76.6 Å². The van der Waals surface area contributed by atoms with E-state index in [1.54, 1.807) is 6.07 Å². The lowest BCUT2D eigenvalue weighted by Crippen LogP contribution is -2.29. The Morgan fingerprint density at radius 2 is 0.804 bits per heavy atom. The molecular weight excluding hydrogens is 759 g/mol. The molecule has 0 saturated heterocycles. The van der Waals surface area contributed by atoms with Gasteiger partial charge in [-0.05, 0) is 90.4 Å². The van der Waals surface area contributed by atoms with Gasteiger partial charge in [-0.2, -0.15) is 0 Å². The molecule has 0 amide bonds. The fourth-order valence-corrected chi connectivity index (χ4v) is 8.72. The maximum atomic E-state index is 9.61. The molecule has 8 heteroatoms. The van der Waals surface area contributed by atoms with E-state index in [2.05, 4.69) is 128 Å². The van der Waals surface area contributed by atoms with E-state index >= 15 is 0 Å². The minimum absolute atomic E-state index is 0.483. The van der Waals surface area contributed by atoms with Gasteiger partial charge in [-0.15, -0.1) is 0 Å². The van der Waals surface area contributed by atoms with Crippen LogP contribution >= 0.6 is 15.9 Å². The first kappa shape index (κ1) is 32.8. The Labute approximate surface area is 328 Å². The normalized spacial score (nSPS) is 11.8. The molecule has 8 aromatic carbocycles. The van der Waals surface area contributed by atoms with Gasteiger partial charge in [-0.3, -0.25) is 0 Å². The largest absolute Gasteiger partial charge is 0.488 e. The predicted molar refractivity (Wildman–Crippen MR) is 234 cm³/mol. The first-order valence-electron chi connectivity index (χ1n) is 18.4. The molecular formula is C48H30BBrN2O4. The second-order valence-corrected chi connectivity index (χ2v) is 15.0. The van der Waals surface area contributed by atoms with Crippen molar-refractivity contribution in [2.75, 3.05) is 0 Å². The number of halogens is 1. The lowest BCUT2D eigenvalue weighted by Gasteiger charge is -2.08. The minimum atomic E-state index is -1.49. The van der Waals surface area contributed by atoms with Gasteiger partial charge >= 0.3 is 7.12 Å². The zero-order valence-electron chi connectivity index (χ0n) is 29.7. The molecule has 0 saturated carbocycles. The third-order valence-electron chi connectivity index (χ3n) is 10.9. The average Bonchev–Trinajstić information content (AvgIpc) is 3.98. The summed E-state index contributed by atoms with van der Waals surface area (Å²) in [4.78, 5) is 0. The highest BCUT2D eigenvalue weighted by Gasteiger charge is 2.18. The van der Waals surface area contributed by atoms with E-state index in [0.29, 0.717) is 5.46 Å². The number of benzene rings is 8. The molecule has 6 nitrogen and oxygen atoms in total. The fourth-order valence-electron chi connectivity index (χ4n) is 8.36. The first-order valence-corrected chi connectivity index (χ1v) is 19.2. The monoisotopic (exact) mass is 788 g/mol. The van der Waals surface area contributed by atoms with E-state index in [1.165, 1.54) is 21.8 Å². The zero-order chi connectivity index (χ0) is 37.5. The Bertz CT molecular complexity index is 3500. The van der Waals surface area contributed by atoms with Crippen molar-refractivity contribution >= 4 is 116 Å². The van der Waals surface area contributed by atoms with Crippen LogP contribution in [0.25, 0.3) is 98.9 Å². The van der Waals surface area contributed by atoms with E-state index in [-0.39, 0.29) is 0 Å². The summed E-state index contributed by atoms with van der Waals surface area (Å²) in [6.45, 7) is 0. The van der Waals surface area contributed by atoms with Crippen LogP contribution in [-0.4, -0.2) is 26.3 Å². The van der Waals surface area contributed by atoms with E-state index in [0.717, 1.165) is 81.5 Å². The summed E-state index contributed by atoms with van der Waals surface area (Å²) in [5.74, 6) is 0. The highest BCUT2D eigenvalue weighted by molar-refractivity contribution is 9.10. The number of para-hydroxylation sites is 4. The molecule has 266 valence electrons. The molecule has 56 heavy (non-hydrogen) atoms. The highest BCUT2D eigenvalue weighted by Crippen LogP contribution is 2.37. The van der Waals surface area contributed by atoms with Crippen LogP contribution in [0.4, 0.5) is 0 Å². The van der Waals surface area contributed by atoms with Crippen LogP contribution in [0.5, 0.6) is 0 Å². The van der Waals surface area contributed by atoms with Gasteiger partial charge in [0.05, 0.1) is 22.1 Å². The second kappa shape index (κ2) is 12.7. The van der Waals surface area contributed by atoms with Gasteiger partial charge in [0.1, 0.15) is 22.3 Å². The molecule has 0 aliphatic rings. The van der Waals surface area contributed by atoms with Crippen molar-refractivity contribution < 1.29 is 18.9 Å². The van der Waals surface area contributed by atoms with Crippen LogP contribution in [0.1, 0.15) is 0 Å². The van der Waals surface area contributed by atoms with Gasteiger partial charge in [0.25, 0.3) is 0 Å². The van der Waals surface area contributed by atoms with Crippen molar-refractivity contribution in [3.8, 4) is 11.4 Å². The quantitative estimate of drug-likeness (QED) is 0.175. The number of fused-ring (bicyclic) bond motifs is 12. The molecule has 0 unspecified atom stereocenters. The molecule has 0 atom stereocenters. The summed E-state index contributed by atoms with van der Waals surface area (Å²) >= 11 is 3.62. The summed E-state index contributed by atoms with van der Waals surface area (Å²) in [5.41, 5.74) is 10.7. The third kappa shape index (κ3) is 5.11. The summed E-state index contributed by atoms with van der Waals surface area (Å²) in [6.07, 6.45) is 0. The summed E-state index contributed by atoms with van der Waals surface area (Å²) < 4.78 is 17.6. The van der Waals surface area contributed by atoms with E-state index in [1.807, 2.05) is 60.7 Å². The number of furan rings is 2. The Morgan fingerprint density at radius 3 is 1.34 bits per heavy atom. The zero-order valence-corrected chi connectivity index (χ0v) is 31.3. The van der Waals surface area contributed by atoms with Gasteiger partial charge in [-0.1, -0.05) is 101 Å².